The third-order valence-electron chi connectivity index (χ3n) is 2.85. The van der Waals surface area contributed by atoms with E-state index in [9.17, 15) is 9.59 Å². The Hall–Kier alpha value is -1.84. The van der Waals surface area contributed by atoms with Crippen LogP contribution in [0.4, 0.5) is 11.4 Å². The van der Waals surface area contributed by atoms with Gasteiger partial charge in [-0.3, -0.25) is 9.59 Å². The van der Waals surface area contributed by atoms with E-state index in [1.807, 2.05) is 19.2 Å². The minimum atomic E-state index is -0.541. The number of Topliss-reactive ketones (excluding diaryl/α,β-unsaturated/α-hetero) is 1. The highest BCUT2D eigenvalue weighted by molar-refractivity contribution is 6.51. The predicted molar refractivity (Wildman–Crippen MR) is 72.1 cm³/mol. The van der Waals surface area contributed by atoms with Crippen molar-refractivity contribution in [3.8, 4) is 0 Å². The summed E-state index contributed by atoms with van der Waals surface area (Å²) in [6.07, 6.45) is 0. The van der Waals surface area contributed by atoms with Gasteiger partial charge in [-0.25, -0.2) is 0 Å². The van der Waals surface area contributed by atoms with E-state index in [0.29, 0.717) is 11.3 Å². The molecule has 1 aromatic rings. The van der Waals surface area contributed by atoms with Crippen LogP contribution in [0.15, 0.2) is 18.2 Å². The van der Waals surface area contributed by atoms with Crippen LogP contribution in [-0.2, 0) is 4.79 Å². The van der Waals surface area contributed by atoms with Gasteiger partial charge in [0.05, 0.1) is 11.3 Å². The lowest BCUT2D eigenvalue weighted by Crippen LogP contribution is -2.29. The van der Waals surface area contributed by atoms with Gasteiger partial charge in [-0.15, -0.1) is 0 Å². The van der Waals surface area contributed by atoms with Crippen molar-refractivity contribution in [1.29, 1.82) is 0 Å². The molecule has 0 fully saturated rings. The molecule has 1 amide bonds. The van der Waals surface area contributed by atoms with E-state index < -0.39 is 11.7 Å². The zero-order valence-electron chi connectivity index (χ0n) is 11.2. The van der Waals surface area contributed by atoms with Gasteiger partial charge in [0.15, 0.2) is 0 Å². The lowest BCUT2D eigenvalue weighted by molar-refractivity contribution is -0.112. The lowest BCUT2D eigenvalue weighted by atomic mass is 9.96. The fourth-order valence-corrected chi connectivity index (χ4v) is 2.18. The number of rotatable bonds is 2. The highest BCUT2D eigenvalue weighted by Gasteiger charge is 2.28. The van der Waals surface area contributed by atoms with Crippen molar-refractivity contribution in [2.75, 3.05) is 23.8 Å². The SMILES string of the molecule is CN(CC(C)(C)C)c1ccc2c(c1)NC(=O)C2=O. The van der Waals surface area contributed by atoms with Gasteiger partial charge in [-0.05, 0) is 23.6 Å². The highest BCUT2D eigenvalue weighted by Crippen LogP contribution is 2.29. The molecule has 0 unspecified atom stereocenters. The molecule has 96 valence electrons. The van der Waals surface area contributed by atoms with Crippen molar-refractivity contribution in [1.82, 2.24) is 0 Å². The van der Waals surface area contributed by atoms with Crippen LogP contribution in [0, 0.1) is 5.41 Å². The van der Waals surface area contributed by atoms with Gasteiger partial charge >= 0.3 is 0 Å². The molecular formula is C14H18N2O2. The highest BCUT2D eigenvalue weighted by atomic mass is 16.2. The summed E-state index contributed by atoms with van der Waals surface area (Å²) in [7, 11) is 2.01. The molecule has 0 spiro atoms. The zero-order chi connectivity index (χ0) is 13.5. The molecule has 1 heterocycles. The molecule has 0 bridgehead atoms. The molecule has 0 aromatic heterocycles. The maximum absolute atomic E-state index is 11.5. The van der Waals surface area contributed by atoms with Crippen molar-refractivity contribution in [2.45, 2.75) is 20.8 Å². The van der Waals surface area contributed by atoms with E-state index in [1.165, 1.54) is 0 Å². The second kappa shape index (κ2) is 4.12. The van der Waals surface area contributed by atoms with Gasteiger partial charge in [0.1, 0.15) is 0 Å². The summed E-state index contributed by atoms with van der Waals surface area (Å²) < 4.78 is 0. The van der Waals surface area contributed by atoms with Crippen LogP contribution in [-0.4, -0.2) is 25.3 Å². The molecule has 1 aliphatic rings. The summed E-state index contributed by atoms with van der Waals surface area (Å²) in [5, 5.41) is 2.59. The topological polar surface area (TPSA) is 49.4 Å². The number of ketones is 1. The zero-order valence-corrected chi connectivity index (χ0v) is 11.2. The number of carbonyl (C=O) groups is 2. The fourth-order valence-electron chi connectivity index (χ4n) is 2.18. The van der Waals surface area contributed by atoms with E-state index in [1.54, 1.807) is 6.07 Å². The molecule has 1 N–H and O–H groups in total. The van der Waals surface area contributed by atoms with Crippen molar-refractivity contribution >= 4 is 23.1 Å². The molecule has 4 heteroatoms. The summed E-state index contributed by atoms with van der Waals surface area (Å²) in [6, 6.07) is 5.44. The second-order valence-electron chi connectivity index (χ2n) is 5.93. The van der Waals surface area contributed by atoms with Gasteiger partial charge in [0.25, 0.3) is 11.7 Å². The van der Waals surface area contributed by atoms with Crippen LogP contribution in [0.5, 0.6) is 0 Å². The Balaban J connectivity index is 2.26. The first-order valence-electron chi connectivity index (χ1n) is 5.99. The number of carbonyl (C=O) groups excluding carboxylic acids is 2. The van der Waals surface area contributed by atoms with Crippen molar-refractivity contribution < 1.29 is 9.59 Å². The fraction of sp³-hybridized carbons (Fsp3) is 0.429. The van der Waals surface area contributed by atoms with Gasteiger partial charge < -0.3 is 10.2 Å². The molecule has 0 radical (unpaired) electrons. The van der Waals surface area contributed by atoms with Crippen LogP contribution in [0.2, 0.25) is 0 Å². The Morgan fingerprint density at radius 1 is 1.22 bits per heavy atom. The van der Waals surface area contributed by atoms with Crippen LogP contribution in [0.1, 0.15) is 31.1 Å². The minimum Gasteiger partial charge on any atom is -0.374 e. The van der Waals surface area contributed by atoms with E-state index in [-0.39, 0.29) is 5.41 Å². The standard InChI is InChI=1S/C14H18N2O2/c1-14(2,3)8-16(4)9-5-6-10-11(7-9)15-13(18)12(10)17/h5-7H,8H2,1-4H3,(H,15,17,18). The van der Waals surface area contributed by atoms with Gasteiger partial charge in [0, 0.05) is 19.3 Å². The summed E-state index contributed by atoms with van der Waals surface area (Å²) in [6.45, 7) is 7.40. The predicted octanol–water partition coefficient (Wildman–Crippen LogP) is 2.30. The number of nitrogens with one attached hydrogen (secondary N) is 1. The average Bonchev–Trinajstić information content (AvgIpc) is 2.52. The average molecular weight is 246 g/mol. The van der Waals surface area contributed by atoms with Gasteiger partial charge in [-0.2, -0.15) is 0 Å². The normalized spacial score (nSPS) is 14.4. The number of fused-ring (bicyclic) bond motifs is 1. The van der Waals surface area contributed by atoms with Crippen LogP contribution < -0.4 is 10.2 Å². The Bertz CT molecular complexity index is 515. The summed E-state index contributed by atoms with van der Waals surface area (Å²) in [4.78, 5) is 24.9. The number of benzene rings is 1. The van der Waals surface area contributed by atoms with Gasteiger partial charge in [-0.1, -0.05) is 20.8 Å². The van der Waals surface area contributed by atoms with E-state index in [4.69, 9.17) is 0 Å². The molecule has 2 rings (SSSR count). The molecule has 0 saturated heterocycles. The quantitative estimate of drug-likeness (QED) is 0.815. The van der Waals surface area contributed by atoms with Crippen molar-refractivity contribution in [3.63, 3.8) is 0 Å². The van der Waals surface area contributed by atoms with Crippen molar-refractivity contribution in [3.05, 3.63) is 23.8 Å². The summed E-state index contributed by atoms with van der Waals surface area (Å²) in [5.74, 6) is -0.990. The molecule has 0 saturated carbocycles. The van der Waals surface area contributed by atoms with E-state index in [0.717, 1.165) is 12.2 Å². The molecule has 0 atom stereocenters. The first kappa shape index (κ1) is 12.6. The second-order valence-corrected chi connectivity index (χ2v) is 5.93. The number of nitrogens with zero attached hydrogens (tertiary/aromatic N) is 1. The molecule has 4 nitrogen and oxygen atoms in total. The van der Waals surface area contributed by atoms with E-state index in [2.05, 4.69) is 31.0 Å². The minimum absolute atomic E-state index is 0.187. The third-order valence-corrected chi connectivity index (χ3v) is 2.85. The Morgan fingerprint density at radius 3 is 2.50 bits per heavy atom. The maximum Gasteiger partial charge on any atom is 0.296 e. The van der Waals surface area contributed by atoms with Crippen LogP contribution in [0.25, 0.3) is 0 Å². The molecule has 0 aliphatic carbocycles. The van der Waals surface area contributed by atoms with Crippen LogP contribution >= 0.6 is 0 Å². The summed E-state index contributed by atoms with van der Waals surface area (Å²) >= 11 is 0. The molecule has 18 heavy (non-hydrogen) atoms. The van der Waals surface area contributed by atoms with Crippen molar-refractivity contribution in [2.24, 2.45) is 5.41 Å². The van der Waals surface area contributed by atoms with Gasteiger partial charge in [0.2, 0.25) is 0 Å². The Labute approximate surface area is 107 Å². The first-order chi connectivity index (χ1) is 8.28. The largest absolute Gasteiger partial charge is 0.374 e. The van der Waals surface area contributed by atoms with E-state index >= 15 is 0 Å². The molecular weight excluding hydrogens is 228 g/mol. The number of amides is 1. The first-order valence-corrected chi connectivity index (χ1v) is 5.99. The smallest absolute Gasteiger partial charge is 0.296 e. The number of hydrogen-bond donors (Lipinski definition) is 1. The number of hydrogen-bond acceptors (Lipinski definition) is 3. The number of anilines is 2. The third kappa shape index (κ3) is 2.37. The Kier molecular flexibility index (Phi) is 2.89. The monoisotopic (exact) mass is 246 g/mol. The maximum atomic E-state index is 11.5. The lowest BCUT2D eigenvalue weighted by Gasteiger charge is -2.28. The summed E-state index contributed by atoms with van der Waals surface area (Å²) in [5.41, 5.74) is 2.27. The molecule has 1 aliphatic heterocycles. The molecule has 1 aromatic carbocycles. The Morgan fingerprint density at radius 2 is 1.89 bits per heavy atom. The van der Waals surface area contributed by atoms with Crippen LogP contribution in [0.3, 0.4) is 0 Å².